The van der Waals surface area contributed by atoms with Crippen LogP contribution in [-0.4, -0.2) is 16.1 Å². The van der Waals surface area contributed by atoms with Crippen LogP contribution in [0, 0.1) is 12.7 Å². The number of aryl methyl sites for hydroxylation is 1. The number of hydrogen-bond acceptors (Lipinski definition) is 3. The Bertz CT molecular complexity index is 762. The molecule has 0 unspecified atom stereocenters. The number of fused-ring (bicyclic) bond motifs is 1. The molecule has 3 rings (SSSR count). The van der Waals surface area contributed by atoms with E-state index < -0.39 is 0 Å². The van der Waals surface area contributed by atoms with E-state index in [9.17, 15) is 9.18 Å². The van der Waals surface area contributed by atoms with Crippen LogP contribution in [0.4, 0.5) is 10.2 Å². The van der Waals surface area contributed by atoms with Gasteiger partial charge in [0.15, 0.2) is 0 Å². The van der Waals surface area contributed by atoms with Crippen molar-refractivity contribution in [3.63, 3.8) is 0 Å². The fraction of sp³-hybridized carbons (Fsp3) is 0.0769. The van der Waals surface area contributed by atoms with Gasteiger partial charge in [-0.25, -0.2) is 4.39 Å². The number of thiophene rings is 1. The van der Waals surface area contributed by atoms with Gasteiger partial charge in [-0.05, 0) is 25.1 Å². The van der Waals surface area contributed by atoms with Crippen molar-refractivity contribution in [2.24, 2.45) is 0 Å². The first kappa shape index (κ1) is 11.9. The third kappa shape index (κ3) is 2.10. The Morgan fingerprint density at radius 1 is 1.47 bits per heavy atom. The number of hydrogen-bond donors (Lipinski definition) is 2. The van der Waals surface area contributed by atoms with Gasteiger partial charge in [0, 0.05) is 15.6 Å². The SMILES string of the molecule is Cc1cn[nH]c1NC(=O)c1cc2c(F)cccc2s1. The van der Waals surface area contributed by atoms with Crippen LogP contribution in [0.3, 0.4) is 0 Å². The van der Waals surface area contributed by atoms with Crippen molar-refractivity contribution in [3.8, 4) is 0 Å². The van der Waals surface area contributed by atoms with E-state index in [-0.39, 0.29) is 11.7 Å². The zero-order valence-electron chi connectivity index (χ0n) is 10.0. The van der Waals surface area contributed by atoms with E-state index in [1.807, 2.05) is 6.92 Å². The quantitative estimate of drug-likeness (QED) is 0.753. The van der Waals surface area contributed by atoms with Crippen LogP contribution in [0.25, 0.3) is 10.1 Å². The van der Waals surface area contributed by atoms with Crippen LogP contribution in [0.5, 0.6) is 0 Å². The molecule has 0 aliphatic carbocycles. The number of nitrogens with one attached hydrogen (secondary N) is 2. The molecule has 0 aliphatic rings. The third-order valence-electron chi connectivity index (χ3n) is 2.80. The molecule has 1 aromatic carbocycles. The van der Waals surface area contributed by atoms with Gasteiger partial charge in [0.2, 0.25) is 0 Å². The molecule has 0 saturated carbocycles. The Balaban J connectivity index is 1.94. The van der Waals surface area contributed by atoms with Crippen LogP contribution in [0.15, 0.2) is 30.5 Å². The number of H-pyrrole nitrogens is 1. The van der Waals surface area contributed by atoms with Gasteiger partial charge in [0.1, 0.15) is 11.6 Å². The van der Waals surface area contributed by atoms with Crippen LogP contribution in [0.2, 0.25) is 0 Å². The second-order valence-electron chi connectivity index (χ2n) is 4.14. The number of amides is 1. The molecular formula is C13H10FN3OS. The van der Waals surface area contributed by atoms with Gasteiger partial charge in [-0.15, -0.1) is 11.3 Å². The minimum atomic E-state index is -0.314. The number of benzene rings is 1. The molecule has 96 valence electrons. The third-order valence-corrected chi connectivity index (χ3v) is 3.90. The molecule has 2 heterocycles. The average Bonchev–Trinajstić information content (AvgIpc) is 2.97. The summed E-state index contributed by atoms with van der Waals surface area (Å²) in [5.74, 6) is -0.0265. The zero-order valence-corrected chi connectivity index (χ0v) is 10.8. The number of aromatic nitrogens is 2. The Hall–Kier alpha value is -2.21. The number of anilines is 1. The summed E-state index contributed by atoms with van der Waals surface area (Å²) in [6.07, 6.45) is 1.63. The highest BCUT2D eigenvalue weighted by molar-refractivity contribution is 7.20. The summed E-state index contributed by atoms with van der Waals surface area (Å²) in [5, 5.41) is 9.72. The summed E-state index contributed by atoms with van der Waals surface area (Å²) in [4.78, 5) is 12.5. The summed E-state index contributed by atoms with van der Waals surface area (Å²) in [7, 11) is 0. The summed E-state index contributed by atoms with van der Waals surface area (Å²) < 4.78 is 14.3. The molecule has 0 aliphatic heterocycles. The molecule has 0 fully saturated rings. The largest absolute Gasteiger partial charge is 0.306 e. The van der Waals surface area contributed by atoms with Gasteiger partial charge in [-0.3, -0.25) is 9.89 Å². The lowest BCUT2D eigenvalue weighted by Crippen LogP contribution is -2.11. The molecule has 2 aromatic heterocycles. The monoisotopic (exact) mass is 275 g/mol. The van der Waals surface area contributed by atoms with E-state index in [1.165, 1.54) is 17.4 Å². The smallest absolute Gasteiger partial charge is 0.266 e. The predicted molar refractivity (Wildman–Crippen MR) is 73.1 cm³/mol. The van der Waals surface area contributed by atoms with E-state index in [2.05, 4.69) is 15.5 Å². The van der Waals surface area contributed by atoms with Crippen molar-refractivity contribution in [1.82, 2.24) is 10.2 Å². The summed E-state index contributed by atoms with van der Waals surface area (Å²) in [6, 6.07) is 6.38. The molecule has 0 bridgehead atoms. The highest BCUT2D eigenvalue weighted by Crippen LogP contribution is 2.28. The van der Waals surface area contributed by atoms with Crippen molar-refractivity contribution in [2.45, 2.75) is 6.92 Å². The molecule has 0 radical (unpaired) electrons. The predicted octanol–water partition coefficient (Wildman–Crippen LogP) is 3.32. The first-order valence-corrected chi connectivity index (χ1v) is 6.46. The lowest BCUT2D eigenvalue weighted by molar-refractivity contribution is 0.103. The number of rotatable bonds is 2. The van der Waals surface area contributed by atoms with Crippen LogP contribution >= 0.6 is 11.3 Å². The van der Waals surface area contributed by atoms with Crippen molar-refractivity contribution in [3.05, 3.63) is 46.7 Å². The Morgan fingerprint density at radius 3 is 3.00 bits per heavy atom. The fourth-order valence-electron chi connectivity index (χ4n) is 1.79. The van der Waals surface area contributed by atoms with Crippen molar-refractivity contribution in [2.75, 3.05) is 5.32 Å². The number of carbonyl (C=O) groups is 1. The minimum Gasteiger partial charge on any atom is -0.306 e. The maximum atomic E-state index is 13.6. The molecule has 0 atom stereocenters. The molecule has 6 heteroatoms. The lowest BCUT2D eigenvalue weighted by atomic mass is 10.2. The van der Waals surface area contributed by atoms with Crippen molar-refractivity contribution in [1.29, 1.82) is 0 Å². The molecule has 0 saturated heterocycles. The summed E-state index contributed by atoms with van der Waals surface area (Å²) >= 11 is 1.26. The second kappa shape index (κ2) is 4.47. The standard InChI is InChI=1S/C13H10FN3OS/c1-7-6-15-17-12(7)16-13(18)11-5-8-9(14)3-2-4-10(8)19-11/h2-6H,1H3,(H2,15,16,17,18). The van der Waals surface area contributed by atoms with Gasteiger partial charge in [0.05, 0.1) is 11.1 Å². The normalized spacial score (nSPS) is 10.8. The van der Waals surface area contributed by atoms with Crippen LogP contribution < -0.4 is 5.32 Å². The molecule has 2 N–H and O–H groups in total. The topological polar surface area (TPSA) is 57.8 Å². The number of halogens is 1. The number of aromatic amines is 1. The molecular weight excluding hydrogens is 265 g/mol. The Kier molecular flexibility index (Phi) is 2.79. The Labute approximate surface area is 112 Å². The molecule has 1 amide bonds. The number of nitrogens with zero attached hydrogens (tertiary/aromatic N) is 1. The van der Waals surface area contributed by atoms with Gasteiger partial charge < -0.3 is 5.32 Å². The second-order valence-corrected chi connectivity index (χ2v) is 5.23. The first-order chi connectivity index (χ1) is 9.15. The molecule has 19 heavy (non-hydrogen) atoms. The summed E-state index contributed by atoms with van der Waals surface area (Å²) in [5.41, 5.74) is 0.848. The van der Waals surface area contributed by atoms with Gasteiger partial charge in [-0.2, -0.15) is 5.10 Å². The minimum absolute atomic E-state index is 0.270. The Morgan fingerprint density at radius 2 is 2.32 bits per heavy atom. The van der Waals surface area contributed by atoms with E-state index >= 15 is 0 Å². The summed E-state index contributed by atoms with van der Waals surface area (Å²) in [6.45, 7) is 1.84. The van der Waals surface area contributed by atoms with Gasteiger partial charge >= 0.3 is 0 Å². The number of carbonyl (C=O) groups excluding carboxylic acids is 1. The fourth-order valence-corrected chi connectivity index (χ4v) is 2.76. The maximum Gasteiger partial charge on any atom is 0.266 e. The first-order valence-electron chi connectivity index (χ1n) is 5.64. The van der Waals surface area contributed by atoms with Crippen LogP contribution in [0.1, 0.15) is 15.2 Å². The van der Waals surface area contributed by atoms with Crippen molar-refractivity contribution < 1.29 is 9.18 Å². The molecule has 3 aromatic rings. The van der Waals surface area contributed by atoms with E-state index in [0.29, 0.717) is 16.1 Å². The van der Waals surface area contributed by atoms with Gasteiger partial charge in [0.25, 0.3) is 5.91 Å². The van der Waals surface area contributed by atoms with Crippen molar-refractivity contribution >= 4 is 33.1 Å². The lowest BCUT2D eigenvalue weighted by Gasteiger charge is -2.00. The van der Waals surface area contributed by atoms with E-state index in [0.717, 1.165) is 10.3 Å². The highest BCUT2D eigenvalue weighted by Gasteiger charge is 2.13. The van der Waals surface area contributed by atoms with E-state index in [4.69, 9.17) is 0 Å². The van der Waals surface area contributed by atoms with Gasteiger partial charge in [-0.1, -0.05) is 6.07 Å². The molecule has 4 nitrogen and oxygen atoms in total. The zero-order chi connectivity index (χ0) is 13.4. The highest BCUT2D eigenvalue weighted by atomic mass is 32.1. The van der Waals surface area contributed by atoms with Crippen LogP contribution in [-0.2, 0) is 0 Å². The maximum absolute atomic E-state index is 13.6. The van der Waals surface area contributed by atoms with E-state index in [1.54, 1.807) is 24.4 Å². The molecule has 0 spiro atoms. The average molecular weight is 275 g/mol.